The van der Waals surface area contributed by atoms with E-state index in [-0.39, 0.29) is 6.04 Å². The third-order valence-electron chi connectivity index (χ3n) is 8.40. The Morgan fingerprint density at radius 3 is 2.85 bits per heavy atom. The molecule has 0 radical (unpaired) electrons. The van der Waals surface area contributed by atoms with Gasteiger partial charge >= 0.3 is 0 Å². The largest absolute Gasteiger partial charge is 0.485 e. The molecule has 2 bridgehead atoms. The highest BCUT2D eigenvalue weighted by Gasteiger charge is 2.72. The topological polar surface area (TPSA) is 76.7 Å². The molecule has 2 heterocycles. The third-order valence-corrected chi connectivity index (χ3v) is 8.40. The van der Waals surface area contributed by atoms with Gasteiger partial charge in [-0.1, -0.05) is 12.5 Å². The lowest BCUT2D eigenvalue weighted by molar-refractivity contribution is -0.209. The summed E-state index contributed by atoms with van der Waals surface area (Å²) in [6.07, 6.45) is 5.70. The zero-order chi connectivity index (χ0) is 18.4. The van der Waals surface area contributed by atoms with E-state index in [1.165, 1.54) is 24.8 Å². The molecule has 2 saturated carbocycles. The maximum Gasteiger partial charge on any atom is 0.141 e. The Morgan fingerprint density at radius 2 is 2.11 bits per heavy atom. The van der Waals surface area contributed by atoms with Crippen LogP contribution in [0.5, 0.6) is 5.75 Å². The molecule has 5 atom stereocenters. The lowest BCUT2D eigenvalue weighted by Gasteiger charge is -2.64. The van der Waals surface area contributed by atoms with E-state index in [0.29, 0.717) is 24.2 Å². The number of hydrogen-bond acceptors (Lipinski definition) is 5. The van der Waals surface area contributed by atoms with Crippen LogP contribution in [0.4, 0.5) is 0 Å². The summed E-state index contributed by atoms with van der Waals surface area (Å²) in [5.41, 5.74) is 1.32. The number of aliphatic hydroxyl groups excluding tert-OH is 1. The van der Waals surface area contributed by atoms with Gasteiger partial charge in [0.2, 0.25) is 0 Å². The summed E-state index contributed by atoms with van der Waals surface area (Å²) in [7, 11) is 0. The van der Waals surface area contributed by atoms with Crippen molar-refractivity contribution in [3.63, 3.8) is 0 Å². The normalized spacial score (nSPS) is 42.0. The Hall–Kier alpha value is -1.61. The first kappa shape index (κ1) is 16.4. The quantitative estimate of drug-likeness (QED) is 0.836. The minimum absolute atomic E-state index is 0.0804. The number of likely N-dealkylation sites (tertiary alicyclic amines) is 1. The molecule has 1 aromatic carbocycles. The van der Waals surface area contributed by atoms with Crippen molar-refractivity contribution in [2.45, 2.75) is 74.2 Å². The Bertz CT molecular complexity index is 860. The van der Waals surface area contributed by atoms with Crippen molar-refractivity contribution in [2.75, 3.05) is 13.1 Å². The fourth-order valence-electron chi connectivity index (χ4n) is 6.93. The number of rotatable bonds is 2. The first-order valence-corrected chi connectivity index (χ1v) is 10.5. The van der Waals surface area contributed by atoms with E-state index < -0.39 is 23.2 Å². The van der Waals surface area contributed by atoms with E-state index in [1.807, 2.05) is 6.07 Å². The lowest BCUT2D eigenvalue weighted by Crippen LogP contribution is -2.77. The van der Waals surface area contributed by atoms with Gasteiger partial charge in [-0.2, -0.15) is 5.26 Å². The highest BCUT2D eigenvalue weighted by molar-refractivity contribution is 5.63. The first-order chi connectivity index (χ1) is 13.1. The predicted octanol–water partition coefficient (Wildman–Crippen LogP) is 1.87. The van der Waals surface area contributed by atoms with Crippen LogP contribution in [0, 0.1) is 17.2 Å². The van der Waals surface area contributed by atoms with Gasteiger partial charge in [0.05, 0.1) is 22.7 Å². The number of piperidine rings is 1. The molecular weight excluding hydrogens is 340 g/mol. The van der Waals surface area contributed by atoms with Gasteiger partial charge in [0.25, 0.3) is 0 Å². The van der Waals surface area contributed by atoms with Crippen molar-refractivity contribution < 1.29 is 14.9 Å². The van der Waals surface area contributed by atoms with E-state index in [2.05, 4.69) is 17.0 Å². The SMILES string of the molecule is N#Cc1ccc2c3c1OC1C(O)CCC4(O)C(C2)N(CC2CCC2)CCC314. The van der Waals surface area contributed by atoms with Gasteiger partial charge in [-0.05, 0) is 62.6 Å². The van der Waals surface area contributed by atoms with E-state index in [9.17, 15) is 15.5 Å². The number of nitrogens with zero attached hydrogens (tertiary/aromatic N) is 2. The van der Waals surface area contributed by atoms with Crippen LogP contribution < -0.4 is 4.74 Å². The minimum Gasteiger partial charge on any atom is -0.485 e. The second-order valence-corrected chi connectivity index (χ2v) is 9.39. The monoisotopic (exact) mass is 366 g/mol. The molecule has 3 aliphatic carbocycles. The molecule has 5 aliphatic rings. The van der Waals surface area contributed by atoms with E-state index >= 15 is 0 Å². The van der Waals surface area contributed by atoms with E-state index in [0.717, 1.165) is 37.4 Å². The van der Waals surface area contributed by atoms with Gasteiger partial charge in [0.1, 0.15) is 17.9 Å². The molecule has 2 aliphatic heterocycles. The Kier molecular flexibility index (Phi) is 3.18. The smallest absolute Gasteiger partial charge is 0.141 e. The fourth-order valence-corrected chi connectivity index (χ4v) is 6.93. The van der Waals surface area contributed by atoms with Gasteiger partial charge < -0.3 is 14.9 Å². The van der Waals surface area contributed by atoms with Gasteiger partial charge in [0.15, 0.2) is 0 Å². The summed E-state index contributed by atoms with van der Waals surface area (Å²) in [5, 5.41) is 32.5. The van der Waals surface area contributed by atoms with Crippen LogP contribution in [0.3, 0.4) is 0 Å². The fraction of sp³-hybridized carbons (Fsp3) is 0.682. The molecule has 1 spiro atoms. The zero-order valence-electron chi connectivity index (χ0n) is 15.5. The minimum atomic E-state index is -0.884. The molecular formula is C22H26N2O3. The van der Waals surface area contributed by atoms with E-state index in [1.54, 1.807) is 0 Å². The molecule has 2 N–H and O–H groups in total. The summed E-state index contributed by atoms with van der Waals surface area (Å²) in [4.78, 5) is 2.53. The van der Waals surface area contributed by atoms with Crippen molar-refractivity contribution in [3.05, 3.63) is 28.8 Å². The molecule has 5 nitrogen and oxygen atoms in total. The van der Waals surface area contributed by atoms with Crippen LogP contribution in [0.1, 0.15) is 55.2 Å². The average molecular weight is 366 g/mol. The first-order valence-electron chi connectivity index (χ1n) is 10.5. The summed E-state index contributed by atoms with van der Waals surface area (Å²) in [5.74, 6) is 1.40. The van der Waals surface area contributed by atoms with Crippen molar-refractivity contribution in [1.82, 2.24) is 4.90 Å². The van der Waals surface area contributed by atoms with Crippen molar-refractivity contribution in [1.29, 1.82) is 5.26 Å². The van der Waals surface area contributed by atoms with Crippen molar-refractivity contribution in [2.24, 2.45) is 5.92 Å². The summed E-state index contributed by atoms with van der Waals surface area (Å²) in [6, 6.07) is 6.25. The highest BCUT2D eigenvalue weighted by Crippen LogP contribution is 2.64. The van der Waals surface area contributed by atoms with Crippen LogP contribution in [-0.4, -0.2) is 52.1 Å². The number of ether oxygens (including phenoxy) is 1. The number of aliphatic hydroxyl groups is 2. The number of hydrogen-bond donors (Lipinski definition) is 2. The van der Waals surface area contributed by atoms with Crippen LogP contribution in [0.25, 0.3) is 0 Å². The average Bonchev–Trinajstić information content (AvgIpc) is 2.98. The van der Waals surface area contributed by atoms with Gasteiger partial charge in [-0.3, -0.25) is 4.90 Å². The van der Waals surface area contributed by atoms with Gasteiger partial charge in [-0.25, -0.2) is 0 Å². The van der Waals surface area contributed by atoms with Crippen molar-refractivity contribution >= 4 is 0 Å². The van der Waals surface area contributed by atoms with E-state index in [4.69, 9.17) is 4.74 Å². The summed E-state index contributed by atoms with van der Waals surface area (Å²) < 4.78 is 6.28. The predicted molar refractivity (Wildman–Crippen MR) is 98.5 cm³/mol. The maximum absolute atomic E-state index is 12.2. The molecule has 0 aromatic heterocycles. The van der Waals surface area contributed by atoms with Gasteiger partial charge in [0, 0.05) is 18.2 Å². The molecule has 27 heavy (non-hydrogen) atoms. The zero-order valence-corrected chi connectivity index (χ0v) is 15.5. The van der Waals surface area contributed by atoms with Crippen LogP contribution >= 0.6 is 0 Å². The van der Waals surface area contributed by atoms with Crippen LogP contribution in [0.2, 0.25) is 0 Å². The maximum atomic E-state index is 12.2. The van der Waals surface area contributed by atoms with Crippen LogP contribution in [0.15, 0.2) is 12.1 Å². The number of benzene rings is 1. The molecule has 1 saturated heterocycles. The van der Waals surface area contributed by atoms with Crippen molar-refractivity contribution in [3.8, 4) is 11.8 Å². The molecule has 3 fully saturated rings. The summed E-state index contributed by atoms with van der Waals surface area (Å²) >= 11 is 0. The second kappa shape index (κ2) is 5.26. The second-order valence-electron chi connectivity index (χ2n) is 9.39. The third kappa shape index (κ3) is 1.80. The highest BCUT2D eigenvalue weighted by atomic mass is 16.5. The molecule has 5 heteroatoms. The Labute approximate surface area is 159 Å². The molecule has 1 aromatic rings. The molecule has 0 amide bonds. The Morgan fingerprint density at radius 1 is 1.26 bits per heavy atom. The molecule has 142 valence electrons. The summed E-state index contributed by atoms with van der Waals surface area (Å²) in [6.45, 7) is 2.02. The van der Waals surface area contributed by atoms with Crippen LogP contribution in [-0.2, 0) is 11.8 Å². The van der Waals surface area contributed by atoms with Gasteiger partial charge in [-0.15, -0.1) is 0 Å². The molecule has 6 rings (SSSR count). The Balaban J connectivity index is 1.53. The number of nitriles is 1. The standard InChI is InChI=1S/C22H26N2O3/c23-11-15-5-4-14-10-17-22(26)7-6-16(25)20-21(22,18(14)19(15)27-20)8-9-24(17)12-13-2-1-3-13/h4-5,13,16-17,20,25-26H,1-3,6-10,12H2. The molecule has 5 unspecified atom stereocenters. The lowest BCUT2D eigenvalue weighted by atomic mass is 9.48.